The molecule has 0 bridgehead atoms. The predicted octanol–water partition coefficient (Wildman–Crippen LogP) is 0.890. The largest absolute Gasteiger partial charge is 0.316 e. The van der Waals surface area contributed by atoms with E-state index in [1.54, 1.807) is 16.9 Å². The van der Waals surface area contributed by atoms with Crippen molar-refractivity contribution in [2.24, 2.45) is 7.05 Å². The minimum Gasteiger partial charge on any atom is -0.316 e. The minimum absolute atomic E-state index is 0.0688. The highest BCUT2D eigenvalue weighted by atomic mass is 16.1. The molecule has 0 radical (unpaired) electrons. The fourth-order valence-electron chi connectivity index (χ4n) is 3.09. The first-order valence-corrected chi connectivity index (χ1v) is 7.53. The summed E-state index contributed by atoms with van der Waals surface area (Å²) in [4.78, 5) is 17.1. The summed E-state index contributed by atoms with van der Waals surface area (Å²) in [6.07, 6.45) is 7.70. The van der Waals surface area contributed by atoms with E-state index in [4.69, 9.17) is 4.98 Å². The zero-order valence-corrected chi connectivity index (χ0v) is 12.4. The molecule has 7 heteroatoms. The molecule has 0 aromatic carbocycles. The van der Waals surface area contributed by atoms with Crippen LogP contribution in [0.15, 0.2) is 29.5 Å². The minimum atomic E-state index is -0.0688. The van der Waals surface area contributed by atoms with Gasteiger partial charge < -0.3 is 5.32 Å². The highest BCUT2D eigenvalue weighted by Gasteiger charge is 2.19. The van der Waals surface area contributed by atoms with Crippen molar-refractivity contribution in [3.63, 3.8) is 0 Å². The van der Waals surface area contributed by atoms with Crippen molar-refractivity contribution < 1.29 is 0 Å². The average molecular weight is 298 g/mol. The molecule has 0 amide bonds. The lowest BCUT2D eigenvalue weighted by atomic mass is 9.96. The van der Waals surface area contributed by atoms with E-state index in [0.717, 1.165) is 42.8 Å². The second kappa shape index (κ2) is 5.10. The number of aromatic amines is 1. The Kier molecular flexibility index (Phi) is 3.07. The van der Waals surface area contributed by atoms with Crippen LogP contribution < -0.4 is 10.9 Å². The van der Waals surface area contributed by atoms with Crippen molar-refractivity contribution in [2.45, 2.75) is 18.8 Å². The van der Waals surface area contributed by atoms with Gasteiger partial charge in [-0.15, -0.1) is 0 Å². The van der Waals surface area contributed by atoms with E-state index in [2.05, 4.69) is 15.5 Å². The van der Waals surface area contributed by atoms with Gasteiger partial charge in [0.1, 0.15) is 0 Å². The standard InChI is InChI=1S/C15H18N6O/c1-20-9-11(7-17-20)12-8-18-21-14(22)5-13(19-15(12)21)10-3-2-4-16-6-10/h5,7-10,16,18H,2-4,6H2,1H3. The van der Waals surface area contributed by atoms with Gasteiger partial charge in [0.2, 0.25) is 0 Å². The van der Waals surface area contributed by atoms with E-state index >= 15 is 0 Å². The Labute approximate surface area is 127 Å². The molecular weight excluding hydrogens is 280 g/mol. The number of aromatic nitrogens is 5. The molecule has 1 saturated heterocycles. The molecule has 3 aromatic heterocycles. The molecule has 0 aliphatic carbocycles. The smallest absolute Gasteiger partial charge is 0.272 e. The maximum Gasteiger partial charge on any atom is 0.272 e. The molecule has 1 aliphatic rings. The lowest BCUT2D eigenvalue weighted by molar-refractivity contribution is 0.454. The Hall–Kier alpha value is -2.41. The molecular formula is C15H18N6O. The number of nitrogens with one attached hydrogen (secondary N) is 2. The fraction of sp³-hybridized carbons (Fsp3) is 0.400. The van der Waals surface area contributed by atoms with Crippen LogP contribution in [-0.2, 0) is 7.05 Å². The summed E-state index contributed by atoms with van der Waals surface area (Å²) in [6, 6.07) is 1.65. The molecule has 1 atom stereocenters. The van der Waals surface area contributed by atoms with Crippen molar-refractivity contribution in [3.05, 3.63) is 40.7 Å². The van der Waals surface area contributed by atoms with E-state index in [0.29, 0.717) is 11.6 Å². The van der Waals surface area contributed by atoms with E-state index in [-0.39, 0.29) is 5.56 Å². The second-order valence-electron chi connectivity index (χ2n) is 5.81. The van der Waals surface area contributed by atoms with Crippen molar-refractivity contribution in [1.82, 2.24) is 29.7 Å². The van der Waals surface area contributed by atoms with Crippen molar-refractivity contribution in [2.75, 3.05) is 13.1 Å². The monoisotopic (exact) mass is 298 g/mol. The third kappa shape index (κ3) is 2.14. The van der Waals surface area contributed by atoms with Crippen molar-refractivity contribution in [1.29, 1.82) is 0 Å². The zero-order valence-electron chi connectivity index (χ0n) is 12.4. The summed E-state index contributed by atoms with van der Waals surface area (Å²) in [5.74, 6) is 0.308. The maximum atomic E-state index is 12.3. The molecule has 7 nitrogen and oxygen atoms in total. The number of aryl methyl sites for hydroxylation is 1. The van der Waals surface area contributed by atoms with Crippen LogP contribution in [0.25, 0.3) is 16.8 Å². The topological polar surface area (TPSA) is 80.0 Å². The summed E-state index contributed by atoms with van der Waals surface area (Å²) in [7, 11) is 1.87. The van der Waals surface area contributed by atoms with Crippen LogP contribution in [0.1, 0.15) is 24.5 Å². The lowest BCUT2D eigenvalue weighted by Crippen LogP contribution is -2.30. The van der Waals surface area contributed by atoms with Gasteiger partial charge >= 0.3 is 0 Å². The van der Waals surface area contributed by atoms with Gasteiger partial charge in [0.15, 0.2) is 5.65 Å². The molecule has 1 unspecified atom stereocenters. The van der Waals surface area contributed by atoms with E-state index in [1.165, 1.54) is 4.52 Å². The van der Waals surface area contributed by atoms with Crippen LogP contribution in [0.2, 0.25) is 0 Å². The first-order valence-electron chi connectivity index (χ1n) is 7.53. The maximum absolute atomic E-state index is 12.3. The van der Waals surface area contributed by atoms with E-state index in [1.807, 2.05) is 19.4 Å². The molecule has 0 saturated carbocycles. The van der Waals surface area contributed by atoms with Gasteiger partial charge in [-0.05, 0) is 19.4 Å². The van der Waals surface area contributed by atoms with Gasteiger partial charge in [0.25, 0.3) is 5.56 Å². The lowest BCUT2D eigenvalue weighted by Gasteiger charge is -2.22. The fourth-order valence-corrected chi connectivity index (χ4v) is 3.09. The molecule has 4 rings (SSSR count). The SMILES string of the molecule is Cn1cc(-c2c[nH]n3c(=O)cc(C4CCCNC4)nc23)cn1. The zero-order chi connectivity index (χ0) is 15.1. The van der Waals surface area contributed by atoms with Crippen LogP contribution in [0.4, 0.5) is 0 Å². The van der Waals surface area contributed by atoms with Crippen LogP contribution in [0.5, 0.6) is 0 Å². The van der Waals surface area contributed by atoms with Gasteiger partial charge in [-0.2, -0.15) is 5.10 Å². The van der Waals surface area contributed by atoms with E-state index in [9.17, 15) is 4.79 Å². The number of piperidine rings is 1. The number of nitrogens with zero attached hydrogens (tertiary/aromatic N) is 4. The summed E-state index contributed by atoms with van der Waals surface area (Å²) in [6.45, 7) is 1.93. The van der Waals surface area contributed by atoms with Gasteiger partial charge in [-0.3, -0.25) is 14.6 Å². The molecule has 3 aromatic rings. The quantitative estimate of drug-likeness (QED) is 0.736. The van der Waals surface area contributed by atoms with Gasteiger partial charge in [-0.25, -0.2) is 9.50 Å². The van der Waals surface area contributed by atoms with Crippen LogP contribution in [0.3, 0.4) is 0 Å². The highest BCUT2D eigenvalue weighted by molar-refractivity contribution is 5.76. The summed E-state index contributed by atoms with van der Waals surface area (Å²) < 4.78 is 3.23. The van der Waals surface area contributed by atoms with Gasteiger partial charge in [0, 0.05) is 49.1 Å². The number of hydrogen-bond acceptors (Lipinski definition) is 4. The normalized spacial score (nSPS) is 18.9. The van der Waals surface area contributed by atoms with E-state index < -0.39 is 0 Å². The Morgan fingerprint density at radius 1 is 1.41 bits per heavy atom. The van der Waals surface area contributed by atoms with Crippen LogP contribution in [0, 0.1) is 0 Å². The summed E-state index contributed by atoms with van der Waals surface area (Å²) >= 11 is 0. The second-order valence-corrected chi connectivity index (χ2v) is 5.81. The van der Waals surface area contributed by atoms with Gasteiger partial charge in [0.05, 0.1) is 11.9 Å². The third-order valence-electron chi connectivity index (χ3n) is 4.25. The number of hydrogen-bond donors (Lipinski definition) is 2. The molecule has 114 valence electrons. The molecule has 4 heterocycles. The van der Waals surface area contributed by atoms with Crippen molar-refractivity contribution in [3.8, 4) is 11.1 Å². The highest BCUT2D eigenvalue weighted by Crippen LogP contribution is 2.25. The van der Waals surface area contributed by atoms with Gasteiger partial charge in [-0.1, -0.05) is 0 Å². The Morgan fingerprint density at radius 2 is 2.32 bits per heavy atom. The average Bonchev–Trinajstić information content (AvgIpc) is 3.14. The Morgan fingerprint density at radius 3 is 3.05 bits per heavy atom. The molecule has 1 fully saturated rings. The number of H-pyrrole nitrogens is 1. The third-order valence-corrected chi connectivity index (χ3v) is 4.25. The summed E-state index contributed by atoms with van der Waals surface area (Å²) in [5, 5.41) is 10.5. The molecule has 2 N–H and O–H groups in total. The molecule has 22 heavy (non-hydrogen) atoms. The Balaban J connectivity index is 1.86. The predicted molar refractivity (Wildman–Crippen MR) is 82.9 cm³/mol. The van der Waals surface area contributed by atoms with Crippen LogP contribution >= 0.6 is 0 Å². The van der Waals surface area contributed by atoms with Crippen LogP contribution in [-0.4, -0.2) is 37.5 Å². The summed E-state index contributed by atoms with van der Waals surface area (Å²) in [5.41, 5.74) is 3.33. The molecule has 0 spiro atoms. The Bertz CT molecular complexity index is 868. The first kappa shape index (κ1) is 13.3. The number of rotatable bonds is 2. The number of fused-ring (bicyclic) bond motifs is 1. The first-order chi connectivity index (χ1) is 10.7. The molecule has 1 aliphatic heterocycles. The van der Waals surface area contributed by atoms with Crippen molar-refractivity contribution >= 4 is 5.65 Å².